The maximum Gasteiger partial charge on any atom is 0.249 e. The van der Waals surface area contributed by atoms with Crippen molar-refractivity contribution in [1.29, 1.82) is 0 Å². The molecule has 1 aliphatic rings. The van der Waals surface area contributed by atoms with Crippen LogP contribution in [-0.2, 0) is 20.9 Å². The number of hydrogen-bond acceptors (Lipinski definition) is 3. The van der Waals surface area contributed by atoms with E-state index in [9.17, 15) is 14.4 Å². The van der Waals surface area contributed by atoms with Crippen molar-refractivity contribution in [3.8, 4) is 11.1 Å². The zero-order valence-corrected chi connectivity index (χ0v) is 16.5. The number of carbonyl (C=O) groups is 3. The summed E-state index contributed by atoms with van der Waals surface area (Å²) in [6.07, 6.45) is 0.604. The number of carbonyl (C=O) groups excluding carboxylic acids is 3. The van der Waals surface area contributed by atoms with Gasteiger partial charge in [0.05, 0.1) is 0 Å². The van der Waals surface area contributed by atoms with E-state index < -0.39 is 11.9 Å². The lowest BCUT2D eigenvalue weighted by atomic mass is 9.97. The van der Waals surface area contributed by atoms with E-state index in [1.54, 1.807) is 4.90 Å². The van der Waals surface area contributed by atoms with Crippen LogP contribution in [-0.4, -0.2) is 28.7 Å². The van der Waals surface area contributed by atoms with E-state index in [0.29, 0.717) is 13.0 Å². The Morgan fingerprint density at radius 2 is 1.92 bits per heavy atom. The van der Waals surface area contributed by atoms with Crippen LogP contribution < -0.4 is 5.32 Å². The van der Waals surface area contributed by atoms with Crippen LogP contribution >= 0.6 is 22.6 Å². The molecule has 2 aromatic rings. The highest BCUT2D eigenvalue weighted by molar-refractivity contribution is 14.1. The summed E-state index contributed by atoms with van der Waals surface area (Å²) in [4.78, 5) is 37.5. The number of halogens is 1. The monoisotopic (exact) mass is 462 g/mol. The number of imide groups is 1. The Bertz CT molecular complexity index is 851. The Morgan fingerprint density at radius 3 is 2.58 bits per heavy atom. The van der Waals surface area contributed by atoms with Gasteiger partial charge in [0.1, 0.15) is 6.04 Å². The molecule has 0 aliphatic carbocycles. The first kappa shape index (κ1) is 18.6. The molecule has 26 heavy (non-hydrogen) atoms. The van der Waals surface area contributed by atoms with Crippen LogP contribution in [0.5, 0.6) is 0 Å². The highest BCUT2D eigenvalue weighted by Crippen LogP contribution is 2.28. The SMILES string of the molecule is CC(=O)N(Cc1cc(I)ccc1-c1ccccc1)C1CCC(=O)NC1=O. The lowest BCUT2D eigenvalue weighted by Crippen LogP contribution is -2.53. The fourth-order valence-corrected chi connectivity index (χ4v) is 3.75. The van der Waals surface area contributed by atoms with Gasteiger partial charge in [-0.05, 0) is 57.8 Å². The van der Waals surface area contributed by atoms with Gasteiger partial charge in [-0.25, -0.2) is 0 Å². The minimum Gasteiger partial charge on any atom is -0.327 e. The molecule has 3 rings (SSSR count). The standard InChI is InChI=1S/C20H19IN2O3/c1-13(24)23(18-9-10-19(25)22-20(18)26)12-15-11-16(21)7-8-17(15)14-5-3-2-4-6-14/h2-8,11,18H,9-10,12H2,1H3,(H,22,25,26). The van der Waals surface area contributed by atoms with Crippen LogP contribution in [0.3, 0.4) is 0 Å². The lowest BCUT2D eigenvalue weighted by molar-refractivity contribution is -0.145. The van der Waals surface area contributed by atoms with Crippen LogP contribution in [0.25, 0.3) is 11.1 Å². The van der Waals surface area contributed by atoms with Crippen molar-refractivity contribution >= 4 is 40.3 Å². The molecule has 0 spiro atoms. The van der Waals surface area contributed by atoms with E-state index in [4.69, 9.17) is 0 Å². The summed E-state index contributed by atoms with van der Waals surface area (Å²) in [6, 6.07) is 15.4. The van der Waals surface area contributed by atoms with Gasteiger partial charge in [0.25, 0.3) is 0 Å². The van der Waals surface area contributed by atoms with E-state index >= 15 is 0 Å². The van der Waals surface area contributed by atoms with Gasteiger partial charge in [-0.15, -0.1) is 0 Å². The lowest BCUT2D eigenvalue weighted by Gasteiger charge is -2.32. The average molecular weight is 462 g/mol. The third-order valence-electron chi connectivity index (χ3n) is 4.48. The summed E-state index contributed by atoms with van der Waals surface area (Å²) in [5, 5.41) is 2.33. The maximum absolute atomic E-state index is 12.3. The molecule has 1 saturated heterocycles. The van der Waals surface area contributed by atoms with E-state index in [2.05, 4.69) is 27.9 Å². The molecular weight excluding hydrogens is 443 g/mol. The molecule has 1 N–H and O–H groups in total. The highest BCUT2D eigenvalue weighted by Gasteiger charge is 2.33. The van der Waals surface area contributed by atoms with Crippen molar-refractivity contribution in [2.24, 2.45) is 0 Å². The molecule has 1 fully saturated rings. The van der Waals surface area contributed by atoms with E-state index in [-0.39, 0.29) is 18.2 Å². The largest absolute Gasteiger partial charge is 0.327 e. The van der Waals surface area contributed by atoms with E-state index in [0.717, 1.165) is 20.3 Å². The van der Waals surface area contributed by atoms with Gasteiger partial charge in [-0.3, -0.25) is 19.7 Å². The van der Waals surface area contributed by atoms with Gasteiger partial charge in [-0.2, -0.15) is 0 Å². The quantitative estimate of drug-likeness (QED) is 0.561. The Hall–Kier alpha value is -2.22. The van der Waals surface area contributed by atoms with Gasteiger partial charge in [0.2, 0.25) is 17.7 Å². The van der Waals surface area contributed by atoms with E-state index in [1.807, 2.05) is 48.5 Å². The second kappa shape index (κ2) is 7.99. The zero-order chi connectivity index (χ0) is 18.7. The Morgan fingerprint density at radius 1 is 1.19 bits per heavy atom. The molecule has 3 amide bonds. The minimum absolute atomic E-state index is 0.183. The number of rotatable bonds is 4. The van der Waals surface area contributed by atoms with Crippen LogP contribution in [0, 0.1) is 3.57 Å². The molecule has 0 aromatic heterocycles. The van der Waals surface area contributed by atoms with Crippen LogP contribution in [0.2, 0.25) is 0 Å². The molecule has 1 heterocycles. The summed E-state index contributed by atoms with van der Waals surface area (Å²) in [6.45, 7) is 1.78. The Labute approximate surface area is 165 Å². The summed E-state index contributed by atoms with van der Waals surface area (Å²) >= 11 is 2.24. The number of hydrogen-bond donors (Lipinski definition) is 1. The molecule has 1 atom stereocenters. The van der Waals surface area contributed by atoms with Crippen LogP contribution in [0.1, 0.15) is 25.3 Å². The molecule has 0 saturated carbocycles. The number of benzene rings is 2. The molecule has 2 aromatic carbocycles. The zero-order valence-electron chi connectivity index (χ0n) is 14.4. The van der Waals surface area contributed by atoms with Gasteiger partial charge < -0.3 is 4.90 Å². The number of nitrogens with zero attached hydrogens (tertiary/aromatic N) is 1. The topological polar surface area (TPSA) is 66.5 Å². The molecular formula is C20H19IN2O3. The fourth-order valence-electron chi connectivity index (χ4n) is 3.20. The predicted molar refractivity (Wildman–Crippen MR) is 107 cm³/mol. The minimum atomic E-state index is -0.619. The first-order valence-corrected chi connectivity index (χ1v) is 9.48. The molecule has 5 nitrogen and oxygen atoms in total. The van der Waals surface area contributed by atoms with Gasteiger partial charge in [0, 0.05) is 23.5 Å². The van der Waals surface area contributed by atoms with Crippen molar-refractivity contribution in [3.05, 3.63) is 57.7 Å². The number of piperidine rings is 1. The van der Waals surface area contributed by atoms with Crippen molar-refractivity contribution in [3.63, 3.8) is 0 Å². The summed E-state index contributed by atoms with van der Waals surface area (Å²) in [5.74, 6) is -0.866. The molecule has 1 aliphatic heterocycles. The van der Waals surface area contributed by atoms with Crippen molar-refractivity contribution in [2.45, 2.75) is 32.4 Å². The fraction of sp³-hybridized carbons (Fsp3) is 0.250. The predicted octanol–water partition coefficient (Wildman–Crippen LogP) is 3.11. The summed E-state index contributed by atoms with van der Waals surface area (Å²) in [5.41, 5.74) is 3.07. The number of nitrogens with one attached hydrogen (secondary N) is 1. The second-order valence-corrected chi connectivity index (χ2v) is 7.53. The number of amides is 3. The van der Waals surface area contributed by atoms with Crippen molar-refractivity contribution < 1.29 is 14.4 Å². The van der Waals surface area contributed by atoms with E-state index in [1.165, 1.54) is 6.92 Å². The molecule has 134 valence electrons. The van der Waals surface area contributed by atoms with Crippen molar-refractivity contribution in [2.75, 3.05) is 0 Å². The molecule has 6 heteroatoms. The highest BCUT2D eigenvalue weighted by atomic mass is 127. The normalized spacial score (nSPS) is 16.9. The van der Waals surface area contributed by atoms with Gasteiger partial charge in [0.15, 0.2) is 0 Å². The van der Waals surface area contributed by atoms with Crippen LogP contribution in [0.4, 0.5) is 0 Å². The summed E-state index contributed by atoms with van der Waals surface area (Å²) < 4.78 is 1.06. The summed E-state index contributed by atoms with van der Waals surface area (Å²) in [7, 11) is 0. The molecule has 1 unspecified atom stereocenters. The van der Waals surface area contributed by atoms with Crippen molar-refractivity contribution in [1.82, 2.24) is 10.2 Å². The second-order valence-electron chi connectivity index (χ2n) is 6.28. The Balaban J connectivity index is 1.95. The maximum atomic E-state index is 12.3. The Kier molecular flexibility index (Phi) is 5.70. The van der Waals surface area contributed by atoms with Crippen LogP contribution in [0.15, 0.2) is 48.5 Å². The first-order valence-electron chi connectivity index (χ1n) is 8.40. The van der Waals surface area contributed by atoms with Gasteiger partial charge in [-0.1, -0.05) is 36.4 Å². The first-order chi connectivity index (χ1) is 12.5. The average Bonchev–Trinajstić information content (AvgIpc) is 2.61. The molecule has 0 bridgehead atoms. The third kappa shape index (κ3) is 4.12. The smallest absolute Gasteiger partial charge is 0.249 e. The third-order valence-corrected chi connectivity index (χ3v) is 5.15. The van der Waals surface area contributed by atoms with Gasteiger partial charge >= 0.3 is 0 Å². The molecule has 0 radical (unpaired) electrons.